The number of unbranched alkanes of at least 4 members (excludes halogenated alkanes) is 1. The molecular formula is C15H22N2O5S. The monoisotopic (exact) mass is 342 g/mol. The second-order valence-electron chi connectivity index (χ2n) is 5.03. The summed E-state index contributed by atoms with van der Waals surface area (Å²) >= 11 is 0. The molecule has 1 aromatic carbocycles. The molecule has 8 heteroatoms. The van der Waals surface area contributed by atoms with Gasteiger partial charge in [0.25, 0.3) is 5.91 Å². The molecule has 0 saturated carbocycles. The number of carboxylic acid groups (broad SMARTS) is 1. The summed E-state index contributed by atoms with van der Waals surface area (Å²) in [7, 11) is -3.24. The molecule has 1 aromatic rings. The van der Waals surface area contributed by atoms with Crippen molar-refractivity contribution in [1.29, 1.82) is 0 Å². The number of carboxylic acids is 1. The van der Waals surface area contributed by atoms with Crippen molar-refractivity contribution in [1.82, 2.24) is 10.0 Å². The number of hydrogen-bond donors (Lipinski definition) is 3. The van der Waals surface area contributed by atoms with Gasteiger partial charge in [-0.15, -0.1) is 0 Å². The molecule has 7 nitrogen and oxygen atoms in total. The molecular weight excluding hydrogens is 320 g/mol. The van der Waals surface area contributed by atoms with Crippen LogP contribution in [0.1, 0.15) is 42.1 Å². The van der Waals surface area contributed by atoms with Gasteiger partial charge in [-0.05, 0) is 37.5 Å². The Kier molecular flexibility index (Phi) is 7.70. The highest BCUT2D eigenvalue weighted by Crippen LogP contribution is 2.05. The number of aliphatic carboxylic acids is 1. The molecule has 0 aliphatic rings. The number of hydrogen-bond acceptors (Lipinski definition) is 4. The first-order valence-electron chi connectivity index (χ1n) is 7.40. The Balaban J connectivity index is 2.40. The van der Waals surface area contributed by atoms with Crippen LogP contribution < -0.4 is 10.0 Å². The van der Waals surface area contributed by atoms with Crippen molar-refractivity contribution in [2.24, 2.45) is 0 Å². The molecule has 0 fully saturated rings. The van der Waals surface area contributed by atoms with Gasteiger partial charge in [-0.1, -0.05) is 12.1 Å². The van der Waals surface area contributed by atoms with Gasteiger partial charge < -0.3 is 10.4 Å². The highest BCUT2D eigenvalue weighted by Gasteiger charge is 2.08. The van der Waals surface area contributed by atoms with E-state index in [1.165, 1.54) is 0 Å². The van der Waals surface area contributed by atoms with Crippen LogP contribution in [0.5, 0.6) is 0 Å². The highest BCUT2D eigenvalue weighted by molar-refractivity contribution is 7.89. The molecule has 0 heterocycles. The van der Waals surface area contributed by atoms with E-state index in [1.807, 2.05) is 0 Å². The van der Waals surface area contributed by atoms with Crippen LogP contribution in [-0.2, 0) is 21.4 Å². The first-order chi connectivity index (χ1) is 10.8. The van der Waals surface area contributed by atoms with Crippen molar-refractivity contribution >= 4 is 21.9 Å². The fraction of sp³-hybridized carbons (Fsp3) is 0.467. The first-order valence-corrected chi connectivity index (χ1v) is 9.05. The third-order valence-electron chi connectivity index (χ3n) is 3.20. The molecule has 3 N–H and O–H groups in total. The Labute approximate surface area is 136 Å². The van der Waals surface area contributed by atoms with Gasteiger partial charge in [-0.2, -0.15) is 0 Å². The predicted octanol–water partition coefficient (Wildman–Crippen LogP) is 1.11. The number of benzene rings is 1. The summed E-state index contributed by atoms with van der Waals surface area (Å²) in [6, 6.07) is 6.64. The fourth-order valence-electron chi connectivity index (χ4n) is 1.77. The predicted molar refractivity (Wildman–Crippen MR) is 86.6 cm³/mol. The van der Waals surface area contributed by atoms with E-state index >= 15 is 0 Å². The minimum Gasteiger partial charge on any atom is -0.481 e. The van der Waals surface area contributed by atoms with Gasteiger partial charge in [0, 0.05) is 25.1 Å². The number of rotatable bonds is 10. The molecule has 0 radical (unpaired) electrons. The van der Waals surface area contributed by atoms with Gasteiger partial charge >= 0.3 is 5.97 Å². The first kappa shape index (κ1) is 19.1. The van der Waals surface area contributed by atoms with Crippen molar-refractivity contribution < 1.29 is 23.1 Å². The zero-order chi connectivity index (χ0) is 17.3. The topological polar surface area (TPSA) is 113 Å². The lowest BCUT2D eigenvalue weighted by molar-refractivity contribution is -0.137. The van der Waals surface area contributed by atoms with E-state index in [1.54, 1.807) is 31.2 Å². The molecule has 1 amide bonds. The van der Waals surface area contributed by atoms with Gasteiger partial charge in [0.2, 0.25) is 10.0 Å². The maximum atomic E-state index is 11.9. The molecule has 0 saturated heterocycles. The zero-order valence-electron chi connectivity index (χ0n) is 13.0. The second-order valence-corrected chi connectivity index (χ2v) is 7.12. The van der Waals surface area contributed by atoms with Gasteiger partial charge in [0.1, 0.15) is 0 Å². The third-order valence-corrected chi connectivity index (χ3v) is 4.54. The molecule has 128 valence electrons. The number of sulfonamides is 1. The molecule has 1 rings (SSSR count). The van der Waals surface area contributed by atoms with Crippen LogP contribution in [0.4, 0.5) is 0 Å². The van der Waals surface area contributed by atoms with Crippen molar-refractivity contribution in [2.75, 3.05) is 12.3 Å². The Morgan fingerprint density at radius 3 is 2.35 bits per heavy atom. The SMILES string of the molecule is CCS(=O)(=O)NCc1ccc(C(=O)NCCCCC(=O)O)cc1. The van der Waals surface area contributed by atoms with Gasteiger partial charge in [0.05, 0.1) is 5.75 Å². The molecule has 0 aliphatic carbocycles. The molecule has 0 unspecified atom stereocenters. The molecule has 0 aliphatic heterocycles. The van der Waals surface area contributed by atoms with Crippen molar-refractivity contribution in [3.63, 3.8) is 0 Å². The lowest BCUT2D eigenvalue weighted by Gasteiger charge is -2.07. The average Bonchev–Trinajstić information content (AvgIpc) is 2.52. The molecule has 23 heavy (non-hydrogen) atoms. The highest BCUT2D eigenvalue weighted by atomic mass is 32.2. The summed E-state index contributed by atoms with van der Waals surface area (Å²) in [5.74, 6) is -1.05. The lowest BCUT2D eigenvalue weighted by atomic mass is 10.1. The Bertz CT molecular complexity index is 626. The minimum absolute atomic E-state index is 0.0232. The normalized spacial score (nSPS) is 11.2. The van der Waals surface area contributed by atoms with Crippen LogP contribution in [0, 0.1) is 0 Å². The zero-order valence-corrected chi connectivity index (χ0v) is 13.9. The van der Waals surface area contributed by atoms with Crippen LogP contribution >= 0.6 is 0 Å². The second kappa shape index (κ2) is 9.26. The Hall–Kier alpha value is -1.93. The maximum absolute atomic E-state index is 11.9. The smallest absolute Gasteiger partial charge is 0.303 e. The van der Waals surface area contributed by atoms with Gasteiger partial charge in [-0.3, -0.25) is 9.59 Å². The molecule has 0 aromatic heterocycles. The van der Waals surface area contributed by atoms with E-state index < -0.39 is 16.0 Å². The quantitative estimate of drug-likeness (QED) is 0.551. The molecule has 0 atom stereocenters. The Morgan fingerprint density at radius 1 is 1.13 bits per heavy atom. The maximum Gasteiger partial charge on any atom is 0.303 e. The van der Waals surface area contributed by atoms with E-state index in [9.17, 15) is 18.0 Å². The number of carbonyl (C=O) groups excluding carboxylic acids is 1. The number of nitrogens with one attached hydrogen (secondary N) is 2. The van der Waals surface area contributed by atoms with E-state index in [4.69, 9.17) is 5.11 Å². The van der Waals surface area contributed by atoms with Crippen molar-refractivity contribution in [2.45, 2.75) is 32.7 Å². The van der Waals surface area contributed by atoms with Crippen LogP contribution in [0.3, 0.4) is 0 Å². The summed E-state index contributed by atoms with van der Waals surface area (Å²) in [5, 5.41) is 11.2. The van der Waals surface area contributed by atoms with E-state index in [0.717, 1.165) is 5.56 Å². The standard InChI is InChI=1S/C15H22N2O5S/c1-2-23(21,22)17-11-12-6-8-13(9-7-12)15(20)16-10-4-3-5-14(18)19/h6-9,17H,2-5,10-11H2,1H3,(H,16,20)(H,18,19). The largest absolute Gasteiger partial charge is 0.481 e. The third kappa shape index (κ3) is 7.75. The summed E-state index contributed by atoms with van der Waals surface area (Å²) in [6.07, 6.45) is 1.22. The molecule has 0 bridgehead atoms. The fourth-order valence-corrected chi connectivity index (χ4v) is 2.37. The summed E-state index contributed by atoms with van der Waals surface area (Å²) < 4.78 is 25.2. The van der Waals surface area contributed by atoms with Gasteiger partial charge in [0.15, 0.2) is 0 Å². The lowest BCUT2D eigenvalue weighted by Crippen LogP contribution is -2.25. The number of carbonyl (C=O) groups is 2. The minimum atomic E-state index is -3.24. The van der Waals surface area contributed by atoms with E-state index in [-0.39, 0.29) is 24.6 Å². The summed E-state index contributed by atoms with van der Waals surface area (Å²) in [4.78, 5) is 22.2. The van der Waals surface area contributed by atoms with Crippen molar-refractivity contribution in [3.8, 4) is 0 Å². The van der Waals surface area contributed by atoms with Gasteiger partial charge in [-0.25, -0.2) is 13.1 Å². The van der Waals surface area contributed by atoms with Crippen LogP contribution in [0.2, 0.25) is 0 Å². The summed E-state index contributed by atoms with van der Waals surface area (Å²) in [5.41, 5.74) is 1.24. The van der Waals surface area contributed by atoms with Crippen LogP contribution in [-0.4, -0.2) is 37.7 Å². The van der Waals surface area contributed by atoms with Crippen LogP contribution in [0.15, 0.2) is 24.3 Å². The van der Waals surface area contributed by atoms with Crippen molar-refractivity contribution in [3.05, 3.63) is 35.4 Å². The summed E-state index contributed by atoms with van der Waals surface area (Å²) in [6.45, 7) is 2.17. The van der Waals surface area contributed by atoms with E-state index in [2.05, 4.69) is 10.0 Å². The van der Waals surface area contributed by atoms with E-state index in [0.29, 0.717) is 24.9 Å². The molecule has 0 spiro atoms. The number of amides is 1. The van der Waals surface area contributed by atoms with Crippen LogP contribution in [0.25, 0.3) is 0 Å². The Morgan fingerprint density at radius 2 is 1.78 bits per heavy atom. The average molecular weight is 342 g/mol.